The molecule has 6 rings (SSSR count). The highest BCUT2D eigenvalue weighted by atomic mass is 31.2. The minimum absolute atomic E-state index is 0.0334. The summed E-state index contributed by atoms with van der Waals surface area (Å²) in [6, 6.07) is 0. The lowest BCUT2D eigenvalue weighted by molar-refractivity contribution is -0.0585. The van der Waals surface area contributed by atoms with Gasteiger partial charge in [0.2, 0.25) is 11.9 Å². The van der Waals surface area contributed by atoms with Crippen LogP contribution in [0.3, 0.4) is 0 Å². The molecule has 0 amide bonds. The van der Waals surface area contributed by atoms with Crippen molar-refractivity contribution in [1.29, 1.82) is 0 Å². The van der Waals surface area contributed by atoms with Gasteiger partial charge in [-0.05, 0) is 12.8 Å². The minimum atomic E-state index is -5.16. The van der Waals surface area contributed by atoms with E-state index in [2.05, 4.69) is 29.9 Å². The molecule has 280 valence electrons. The number of hydrogen-bond donors (Lipinski definition) is 7. The Morgan fingerprint density at radius 3 is 2.18 bits per heavy atom. The molecular formula is C28H40FN10O11P. The summed E-state index contributed by atoms with van der Waals surface area (Å²) in [6.45, 7) is 3.73. The molecule has 2 aliphatic rings. The summed E-state index contributed by atoms with van der Waals surface area (Å²) in [5, 5.41) is 31.6. The van der Waals surface area contributed by atoms with Crippen LogP contribution in [0.1, 0.15) is 52.0 Å². The van der Waals surface area contributed by atoms with Crippen LogP contribution in [0.25, 0.3) is 22.3 Å². The highest BCUT2D eigenvalue weighted by Gasteiger charge is 2.51. The zero-order chi connectivity index (χ0) is 36.6. The summed E-state index contributed by atoms with van der Waals surface area (Å²) in [4.78, 5) is 59.2. The molecular weight excluding hydrogens is 702 g/mol. The molecule has 0 aliphatic carbocycles. The number of anilines is 2. The van der Waals surface area contributed by atoms with Gasteiger partial charge >= 0.3 is 7.82 Å². The number of unbranched alkanes of at least 4 members (excludes halogenated alkanes) is 2. The second-order valence-electron chi connectivity index (χ2n) is 12.3. The lowest BCUT2D eigenvalue weighted by Crippen LogP contribution is -2.35. The number of nitrogens with zero attached hydrogens (tertiary/aromatic N) is 7. The van der Waals surface area contributed by atoms with Gasteiger partial charge in [0.15, 0.2) is 41.0 Å². The van der Waals surface area contributed by atoms with Gasteiger partial charge < -0.3 is 40.3 Å². The SMILES string of the molecule is CCCCN(CCCC)c1nc2c(ncn2[C@@H]2O[C@H](COP(=O)(O)O[C@H]3[C@@H](F)[C@H](n4cnc5c(=O)[nH]c(N)nc54)O[C@@H]3CO)[C@@H](O)[C@H]2O)c(=O)[nH]1. The van der Waals surface area contributed by atoms with E-state index >= 15 is 4.39 Å². The molecule has 2 aliphatic heterocycles. The molecule has 4 aromatic heterocycles. The first-order chi connectivity index (χ1) is 24.4. The van der Waals surface area contributed by atoms with E-state index in [4.69, 9.17) is 24.3 Å². The van der Waals surface area contributed by atoms with Crippen LogP contribution in [-0.2, 0) is 23.1 Å². The summed E-state index contributed by atoms with van der Waals surface area (Å²) < 4.78 is 52.6. The van der Waals surface area contributed by atoms with Gasteiger partial charge in [-0.1, -0.05) is 26.7 Å². The summed E-state index contributed by atoms with van der Waals surface area (Å²) in [5.74, 6) is 0.0293. The third-order valence-corrected chi connectivity index (χ3v) is 9.71. The zero-order valence-electron chi connectivity index (χ0n) is 27.6. The third kappa shape index (κ3) is 7.28. The number of halogens is 1. The van der Waals surface area contributed by atoms with Crippen molar-refractivity contribution in [3.63, 3.8) is 0 Å². The molecule has 0 bridgehead atoms. The molecule has 0 radical (unpaired) electrons. The molecule has 21 nitrogen and oxygen atoms in total. The Morgan fingerprint density at radius 2 is 1.55 bits per heavy atom. The van der Waals surface area contributed by atoms with Gasteiger partial charge in [-0.3, -0.25) is 37.7 Å². The fourth-order valence-electron chi connectivity index (χ4n) is 6.04. The molecule has 1 unspecified atom stereocenters. The van der Waals surface area contributed by atoms with Crippen LogP contribution in [0.5, 0.6) is 0 Å². The molecule has 0 aromatic carbocycles. The molecule has 6 heterocycles. The van der Waals surface area contributed by atoms with Crippen LogP contribution in [0.15, 0.2) is 22.2 Å². The third-order valence-electron chi connectivity index (χ3n) is 8.72. The number of nitrogen functional groups attached to an aromatic ring is 1. The minimum Gasteiger partial charge on any atom is -0.394 e. The molecule has 2 saturated heterocycles. The van der Waals surface area contributed by atoms with Crippen molar-refractivity contribution < 1.29 is 47.7 Å². The molecule has 23 heteroatoms. The number of phosphoric ester groups is 1. The van der Waals surface area contributed by atoms with Crippen LogP contribution < -0.4 is 21.8 Å². The van der Waals surface area contributed by atoms with E-state index in [9.17, 15) is 34.4 Å². The number of alkyl halides is 1. The molecule has 9 atom stereocenters. The number of imidazole rings is 2. The number of fused-ring (bicyclic) bond motifs is 2. The number of aromatic amines is 2. The number of aliphatic hydroxyl groups excluding tert-OH is 3. The van der Waals surface area contributed by atoms with E-state index in [1.54, 1.807) is 0 Å². The van der Waals surface area contributed by atoms with Crippen molar-refractivity contribution in [3.8, 4) is 0 Å². The van der Waals surface area contributed by atoms with Crippen molar-refractivity contribution in [2.45, 2.75) is 88.7 Å². The highest BCUT2D eigenvalue weighted by molar-refractivity contribution is 7.47. The Labute approximate surface area is 287 Å². The number of nitrogens with one attached hydrogen (secondary N) is 2. The normalized spacial score (nSPS) is 27.8. The van der Waals surface area contributed by atoms with Gasteiger partial charge in [0.05, 0.1) is 25.9 Å². The monoisotopic (exact) mass is 742 g/mol. The van der Waals surface area contributed by atoms with Gasteiger partial charge in [0.25, 0.3) is 11.1 Å². The van der Waals surface area contributed by atoms with E-state index in [0.717, 1.165) is 36.6 Å². The molecule has 51 heavy (non-hydrogen) atoms. The molecule has 2 fully saturated rings. The van der Waals surface area contributed by atoms with Crippen molar-refractivity contribution in [2.24, 2.45) is 0 Å². The Hall–Kier alpha value is -3.86. The fourth-order valence-corrected chi connectivity index (χ4v) is 7.00. The number of hydrogen-bond acceptors (Lipinski definition) is 16. The fraction of sp³-hybridized carbons (Fsp3) is 0.643. The summed E-state index contributed by atoms with van der Waals surface area (Å²) in [6.07, 6.45) is -7.31. The summed E-state index contributed by atoms with van der Waals surface area (Å²) in [5.41, 5.74) is 4.12. The van der Waals surface area contributed by atoms with E-state index in [1.165, 1.54) is 10.9 Å². The second kappa shape index (κ2) is 15.0. The quantitative estimate of drug-likeness (QED) is 0.0762. The summed E-state index contributed by atoms with van der Waals surface area (Å²) in [7, 11) is -5.16. The summed E-state index contributed by atoms with van der Waals surface area (Å²) >= 11 is 0. The topological polar surface area (TPSA) is 291 Å². The lowest BCUT2D eigenvalue weighted by Gasteiger charge is -2.23. The molecule has 4 aromatic rings. The maximum Gasteiger partial charge on any atom is 0.472 e. The largest absolute Gasteiger partial charge is 0.472 e. The van der Waals surface area contributed by atoms with Crippen LogP contribution in [0.2, 0.25) is 0 Å². The van der Waals surface area contributed by atoms with Crippen LogP contribution in [0, 0.1) is 0 Å². The Bertz CT molecular complexity index is 2000. The van der Waals surface area contributed by atoms with Crippen molar-refractivity contribution in [1.82, 2.24) is 39.0 Å². The number of aromatic nitrogens is 8. The van der Waals surface area contributed by atoms with Crippen LogP contribution in [0.4, 0.5) is 16.3 Å². The van der Waals surface area contributed by atoms with Crippen molar-refractivity contribution >= 4 is 42.0 Å². The van der Waals surface area contributed by atoms with Gasteiger partial charge in [-0.15, -0.1) is 0 Å². The number of H-pyrrole nitrogens is 2. The van der Waals surface area contributed by atoms with Gasteiger partial charge in [-0.25, -0.2) is 18.9 Å². The van der Waals surface area contributed by atoms with E-state index in [1.807, 2.05) is 18.7 Å². The number of aliphatic hydroxyl groups is 3. The average molecular weight is 743 g/mol. The maximum atomic E-state index is 15.7. The van der Waals surface area contributed by atoms with Crippen molar-refractivity contribution in [2.75, 3.05) is 36.9 Å². The molecule has 8 N–H and O–H groups in total. The molecule has 0 spiro atoms. The standard InChI is InChI=1S/C28H40FN10O11P/c1-3-5-7-37(8-6-4-2)28-34-22-17(24(44)36-28)32-12-39(22)26-19(42)18(41)14(49-26)10-47-51(45,46)50-20-13(9-40)48-25(15(20)29)38-11-31-16-21(38)33-27(30)35-23(16)43/h11-15,18-20,25-26,40-42H,3-10H2,1-2H3,(H,45,46)(H,34,36,44)(H3,30,33,35,43)/t13-,14-,15-,18-,19-,20-,25-,26-/m1/s1. The smallest absolute Gasteiger partial charge is 0.394 e. The van der Waals surface area contributed by atoms with Crippen LogP contribution in [-0.4, -0.2) is 122 Å². The van der Waals surface area contributed by atoms with E-state index < -0.39 is 81.3 Å². The average Bonchev–Trinajstić information content (AvgIpc) is 3.85. The predicted octanol–water partition coefficient (Wildman–Crippen LogP) is -0.409. The van der Waals surface area contributed by atoms with E-state index in [0.29, 0.717) is 19.0 Å². The van der Waals surface area contributed by atoms with Crippen LogP contribution >= 0.6 is 7.82 Å². The van der Waals surface area contributed by atoms with Gasteiger partial charge in [0.1, 0.15) is 30.5 Å². The first-order valence-electron chi connectivity index (χ1n) is 16.4. The number of rotatable bonds is 15. The number of nitrogens with two attached hydrogens (primary N) is 1. The van der Waals surface area contributed by atoms with Crippen molar-refractivity contribution in [3.05, 3.63) is 33.4 Å². The van der Waals surface area contributed by atoms with E-state index in [-0.39, 0.29) is 28.3 Å². The highest BCUT2D eigenvalue weighted by Crippen LogP contribution is 2.50. The first kappa shape index (κ1) is 36.9. The lowest BCUT2D eigenvalue weighted by atomic mass is 10.1. The molecule has 0 saturated carbocycles. The zero-order valence-corrected chi connectivity index (χ0v) is 28.5. The number of phosphoric acid groups is 1. The Morgan fingerprint density at radius 1 is 0.961 bits per heavy atom. The first-order valence-corrected chi connectivity index (χ1v) is 17.9. The second-order valence-corrected chi connectivity index (χ2v) is 13.7. The Kier molecular flexibility index (Phi) is 10.9. The van der Waals surface area contributed by atoms with Gasteiger partial charge in [-0.2, -0.15) is 9.97 Å². The Balaban J connectivity index is 1.15. The maximum absolute atomic E-state index is 15.7. The van der Waals surface area contributed by atoms with Gasteiger partial charge in [0, 0.05) is 13.1 Å². The number of ether oxygens (including phenoxy) is 2. The predicted molar refractivity (Wildman–Crippen MR) is 175 cm³/mol.